The summed E-state index contributed by atoms with van der Waals surface area (Å²) in [6, 6.07) is 10.5. The smallest absolute Gasteiger partial charge is 0.126 e. The highest BCUT2D eigenvalue weighted by Gasteiger charge is 2.03. The van der Waals surface area contributed by atoms with Crippen LogP contribution in [-0.4, -0.2) is 0 Å². The molecule has 0 unspecified atom stereocenters. The lowest BCUT2D eigenvalue weighted by atomic mass is 10.1. The van der Waals surface area contributed by atoms with E-state index in [1.54, 1.807) is 19.1 Å². The summed E-state index contributed by atoms with van der Waals surface area (Å²) in [5, 5.41) is 0.689. The molecule has 18 heavy (non-hydrogen) atoms. The van der Waals surface area contributed by atoms with Crippen LogP contribution in [0.3, 0.4) is 0 Å². The third kappa shape index (κ3) is 3.02. The zero-order chi connectivity index (χ0) is 13.1. The van der Waals surface area contributed by atoms with Gasteiger partial charge in [0, 0.05) is 10.6 Å². The van der Waals surface area contributed by atoms with Crippen molar-refractivity contribution in [2.45, 2.75) is 20.5 Å². The molecule has 0 aliphatic carbocycles. The normalized spacial score (nSPS) is 10.4. The first-order valence-electron chi connectivity index (χ1n) is 5.70. The van der Waals surface area contributed by atoms with Gasteiger partial charge in [-0.15, -0.1) is 0 Å². The highest BCUT2D eigenvalue weighted by atomic mass is 35.5. The van der Waals surface area contributed by atoms with Crippen molar-refractivity contribution in [1.82, 2.24) is 0 Å². The van der Waals surface area contributed by atoms with Crippen LogP contribution in [-0.2, 0) is 6.61 Å². The predicted molar refractivity (Wildman–Crippen MR) is 71.7 cm³/mol. The van der Waals surface area contributed by atoms with Crippen LogP contribution in [0, 0.1) is 19.7 Å². The Bertz CT molecular complexity index is 566. The second kappa shape index (κ2) is 5.40. The Labute approximate surface area is 111 Å². The van der Waals surface area contributed by atoms with Crippen LogP contribution in [0.1, 0.15) is 16.7 Å². The van der Waals surface area contributed by atoms with E-state index in [0.29, 0.717) is 22.9 Å². The van der Waals surface area contributed by atoms with Gasteiger partial charge in [0.25, 0.3) is 0 Å². The maximum atomic E-state index is 13.1. The first-order chi connectivity index (χ1) is 8.56. The van der Waals surface area contributed by atoms with Gasteiger partial charge in [-0.05, 0) is 49.2 Å². The van der Waals surface area contributed by atoms with E-state index in [0.717, 1.165) is 11.1 Å². The first-order valence-corrected chi connectivity index (χ1v) is 6.08. The monoisotopic (exact) mass is 264 g/mol. The second-order valence-electron chi connectivity index (χ2n) is 4.29. The fourth-order valence-electron chi connectivity index (χ4n) is 1.64. The van der Waals surface area contributed by atoms with E-state index in [2.05, 4.69) is 0 Å². The van der Waals surface area contributed by atoms with Crippen molar-refractivity contribution in [2.75, 3.05) is 0 Å². The highest BCUT2D eigenvalue weighted by Crippen LogP contribution is 2.21. The van der Waals surface area contributed by atoms with E-state index in [1.807, 2.05) is 25.1 Å². The molecule has 0 saturated heterocycles. The lowest BCUT2D eigenvalue weighted by Crippen LogP contribution is -1.97. The Morgan fingerprint density at radius 1 is 1.11 bits per heavy atom. The molecule has 3 heteroatoms. The Morgan fingerprint density at radius 3 is 2.56 bits per heavy atom. The quantitative estimate of drug-likeness (QED) is 0.782. The van der Waals surface area contributed by atoms with Crippen LogP contribution in [0.25, 0.3) is 0 Å². The maximum Gasteiger partial charge on any atom is 0.126 e. The molecule has 0 aliphatic heterocycles. The highest BCUT2D eigenvalue weighted by molar-refractivity contribution is 6.31. The van der Waals surface area contributed by atoms with Crippen molar-refractivity contribution in [3.63, 3.8) is 0 Å². The fraction of sp³-hybridized carbons (Fsp3) is 0.200. The molecule has 0 saturated carbocycles. The largest absolute Gasteiger partial charge is 0.489 e. The molecule has 0 heterocycles. The molecule has 0 spiro atoms. The van der Waals surface area contributed by atoms with E-state index >= 15 is 0 Å². The van der Waals surface area contributed by atoms with Crippen LogP contribution in [0.15, 0.2) is 36.4 Å². The molecule has 0 aromatic heterocycles. The summed E-state index contributed by atoms with van der Waals surface area (Å²) < 4.78 is 18.7. The van der Waals surface area contributed by atoms with Gasteiger partial charge in [-0.1, -0.05) is 23.7 Å². The molecule has 1 nitrogen and oxygen atoms in total. The van der Waals surface area contributed by atoms with Crippen molar-refractivity contribution in [1.29, 1.82) is 0 Å². The van der Waals surface area contributed by atoms with Crippen molar-refractivity contribution in [2.24, 2.45) is 0 Å². The molecular formula is C15H14ClFO. The summed E-state index contributed by atoms with van der Waals surface area (Å²) in [5.41, 5.74) is 2.60. The van der Waals surface area contributed by atoms with Gasteiger partial charge in [0.1, 0.15) is 18.2 Å². The van der Waals surface area contributed by atoms with E-state index in [1.165, 1.54) is 6.07 Å². The van der Waals surface area contributed by atoms with Gasteiger partial charge >= 0.3 is 0 Å². The average Bonchev–Trinajstić information content (AvgIpc) is 2.32. The zero-order valence-electron chi connectivity index (χ0n) is 10.3. The molecular weight excluding hydrogens is 251 g/mol. The van der Waals surface area contributed by atoms with E-state index in [-0.39, 0.29) is 5.82 Å². The van der Waals surface area contributed by atoms with Gasteiger partial charge < -0.3 is 4.74 Å². The molecule has 0 amide bonds. The lowest BCUT2D eigenvalue weighted by molar-refractivity contribution is 0.305. The second-order valence-corrected chi connectivity index (χ2v) is 4.70. The molecule has 94 valence electrons. The Kier molecular flexibility index (Phi) is 3.87. The molecule has 0 atom stereocenters. The van der Waals surface area contributed by atoms with Gasteiger partial charge in [-0.3, -0.25) is 0 Å². The van der Waals surface area contributed by atoms with Crippen molar-refractivity contribution in [3.8, 4) is 5.75 Å². The molecule has 0 fully saturated rings. The van der Waals surface area contributed by atoms with E-state index in [9.17, 15) is 4.39 Å². The summed E-state index contributed by atoms with van der Waals surface area (Å²) in [6.07, 6.45) is 0. The maximum absolute atomic E-state index is 13.1. The number of hydrogen-bond donors (Lipinski definition) is 0. The molecule has 0 N–H and O–H groups in total. The number of aryl methyl sites for hydroxylation is 2. The summed E-state index contributed by atoms with van der Waals surface area (Å²) in [5.74, 6) is 0.418. The molecule has 0 radical (unpaired) electrons. The van der Waals surface area contributed by atoms with Crippen LogP contribution in [0.4, 0.5) is 4.39 Å². The molecule has 0 bridgehead atoms. The molecule has 0 aliphatic rings. The van der Waals surface area contributed by atoms with Crippen LogP contribution in [0.2, 0.25) is 5.02 Å². The first kappa shape index (κ1) is 12.9. The Hall–Kier alpha value is -1.54. The van der Waals surface area contributed by atoms with Gasteiger partial charge in [-0.2, -0.15) is 0 Å². The van der Waals surface area contributed by atoms with Gasteiger partial charge in [-0.25, -0.2) is 4.39 Å². The number of halogens is 2. The number of rotatable bonds is 3. The third-order valence-corrected chi connectivity index (χ3v) is 3.08. The number of ether oxygens (including phenoxy) is 1. The molecule has 2 aromatic rings. The summed E-state index contributed by atoms with van der Waals surface area (Å²) in [7, 11) is 0. The lowest BCUT2D eigenvalue weighted by Gasteiger charge is -2.09. The predicted octanol–water partition coefficient (Wildman–Crippen LogP) is 4.67. The number of hydrogen-bond acceptors (Lipinski definition) is 1. The third-order valence-electron chi connectivity index (χ3n) is 2.73. The van der Waals surface area contributed by atoms with Gasteiger partial charge in [0.05, 0.1) is 0 Å². The minimum atomic E-state index is -0.226. The van der Waals surface area contributed by atoms with Crippen LogP contribution >= 0.6 is 11.6 Å². The van der Waals surface area contributed by atoms with Crippen LogP contribution in [0.5, 0.6) is 5.75 Å². The summed E-state index contributed by atoms with van der Waals surface area (Å²) in [4.78, 5) is 0. The van der Waals surface area contributed by atoms with Gasteiger partial charge in [0.2, 0.25) is 0 Å². The standard InChI is InChI=1S/C15H14ClFO/c1-10-3-4-12(14(16)7-10)9-18-13-5-6-15(17)11(2)8-13/h3-8H,9H2,1-2H3. The Morgan fingerprint density at radius 2 is 1.89 bits per heavy atom. The van der Waals surface area contributed by atoms with Crippen molar-refractivity contribution in [3.05, 3.63) is 63.9 Å². The molecule has 2 aromatic carbocycles. The number of benzene rings is 2. The minimum Gasteiger partial charge on any atom is -0.489 e. The van der Waals surface area contributed by atoms with E-state index in [4.69, 9.17) is 16.3 Å². The van der Waals surface area contributed by atoms with Gasteiger partial charge in [0.15, 0.2) is 0 Å². The van der Waals surface area contributed by atoms with Crippen LogP contribution < -0.4 is 4.74 Å². The fourth-order valence-corrected chi connectivity index (χ4v) is 1.93. The topological polar surface area (TPSA) is 9.23 Å². The Balaban J connectivity index is 2.09. The van der Waals surface area contributed by atoms with Crippen molar-refractivity contribution < 1.29 is 9.13 Å². The minimum absolute atomic E-state index is 0.226. The summed E-state index contributed by atoms with van der Waals surface area (Å²) >= 11 is 6.11. The average molecular weight is 265 g/mol. The summed E-state index contributed by atoms with van der Waals surface area (Å²) in [6.45, 7) is 4.07. The molecule has 2 rings (SSSR count). The van der Waals surface area contributed by atoms with E-state index < -0.39 is 0 Å². The van der Waals surface area contributed by atoms with Crippen molar-refractivity contribution >= 4 is 11.6 Å². The zero-order valence-corrected chi connectivity index (χ0v) is 11.1. The SMILES string of the molecule is Cc1ccc(COc2ccc(F)c(C)c2)c(Cl)c1.